The zero-order valence-electron chi connectivity index (χ0n) is 10.7. The van der Waals surface area contributed by atoms with E-state index in [0.29, 0.717) is 11.4 Å². The minimum absolute atomic E-state index is 0.0919. The van der Waals surface area contributed by atoms with E-state index in [0.717, 1.165) is 6.26 Å². The lowest BCUT2D eigenvalue weighted by atomic mass is 10.1. The maximum Gasteiger partial charge on any atom is 0.335 e. The summed E-state index contributed by atoms with van der Waals surface area (Å²) in [4.78, 5) is 22.7. The smallest absolute Gasteiger partial charge is 0.335 e. The highest BCUT2D eigenvalue weighted by Crippen LogP contribution is 2.28. The summed E-state index contributed by atoms with van der Waals surface area (Å²) in [5.74, 6) is -1.52. The molecular formula is C12H14N2O5S. The Morgan fingerprint density at radius 2 is 2.05 bits per heavy atom. The Kier molecular flexibility index (Phi) is 3.67. The van der Waals surface area contributed by atoms with Crippen LogP contribution in [0.4, 0.5) is 11.4 Å². The maximum absolute atomic E-state index is 11.8. The lowest BCUT2D eigenvalue weighted by Gasteiger charge is -2.26. The number of hydrogen-bond donors (Lipinski definition) is 3. The molecule has 0 spiro atoms. The quantitative estimate of drug-likeness (QED) is 0.748. The SMILES string of the molecule is CS(=O)(=O)CCC1Nc2cc(C(=O)O)ccc2NC1=O. The lowest BCUT2D eigenvalue weighted by molar-refractivity contribution is -0.117. The Balaban J connectivity index is 2.20. The molecule has 1 aliphatic heterocycles. The third kappa shape index (κ3) is 3.27. The van der Waals surface area contributed by atoms with Gasteiger partial charge in [0.15, 0.2) is 0 Å². The van der Waals surface area contributed by atoms with Crippen LogP contribution in [0, 0.1) is 0 Å². The second-order valence-electron chi connectivity index (χ2n) is 4.67. The molecule has 0 aromatic heterocycles. The first-order valence-electron chi connectivity index (χ1n) is 5.89. The number of carboxylic acid groups (broad SMARTS) is 1. The number of sulfone groups is 1. The van der Waals surface area contributed by atoms with E-state index in [2.05, 4.69) is 10.6 Å². The van der Waals surface area contributed by atoms with Crippen molar-refractivity contribution >= 4 is 33.1 Å². The fourth-order valence-corrected chi connectivity index (χ4v) is 2.58. The molecule has 0 fully saturated rings. The van der Waals surface area contributed by atoms with Gasteiger partial charge in [-0.3, -0.25) is 4.79 Å². The molecule has 1 aromatic rings. The van der Waals surface area contributed by atoms with E-state index in [1.807, 2.05) is 0 Å². The van der Waals surface area contributed by atoms with Crippen molar-refractivity contribution in [3.05, 3.63) is 23.8 Å². The maximum atomic E-state index is 11.8. The molecule has 1 amide bonds. The number of amides is 1. The van der Waals surface area contributed by atoms with Crippen LogP contribution < -0.4 is 10.6 Å². The van der Waals surface area contributed by atoms with Crippen LogP contribution >= 0.6 is 0 Å². The molecule has 20 heavy (non-hydrogen) atoms. The summed E-state index contributed by atoms with van der Waals surface area (Å²) in [7, 11) is -3.16. The second kappa shape index (κ2) is 5.12. The van der Waals surface area contributed by atoms with Crippen molar-refractivity contribution in [3.63, 3.8) is 0 Å². The average molecular weight is 298 g/mol. The number of carboxylic acids is 1. The van der Waals surface area contributed by atoms with Crippen LogP contribution in [0.2, 0.25) is 0 Å². The topological polar surface area (TPSA) is 113 Å². The van der Waals surface area contributed by atoms with E-state index in [-0.39, 0.29) is 23.6 Å². The normalized spacial score (nSPS) is 17.9. The molecule has 0 saturated carbocycles. The van der Waals surface area contributed by atoms with Crippen molar-refractivity contribution in [2.45, 2.75) is 12.5 Å². The Morgan fingerprint density at radius 1 is 1.35 bits per heavy atom. The molecule has 0 aliphatic carbocycles. The Bertz CT molecular complexity index is 668. The van der Waals surface area contributed by atoms with E-state index < -0.39 is 21.8 Å². The number of fused-ring (bicyclic) bond motifs is 1. The zero-order valence-corrected chi connectivity index (χ0v) is 11.5. The zero-order chi connectivity index (χ0) is 14.9. The molecule has 0 bridgehead atoms. The van der Waals surface area contributed by atoms with Gasteiger partial charge in [-0.25, -0.2) is 13.2 Å². The second-order valence-corrected chi connectivity index (χ2v) is 6.93. The van der Waals surface area contributed by atoms with Crippen LogP contribution in [0.5, 0.6) is 0 Å². The van der Waals surface area contributed by atoms with E-state index in [1.165, 1.54) is 18.2 Å². The molecule has 1 atom stereocenters. The van der Waals surface area contributed by atoms with Gasteiger partial charge in [0.2, 0.25) is 5.91 Å². The third-order valence-corrected chi connectivity index (χ3v) is 3.93. The van der Waals surface area contributed by atoms with Crippen molar-refractivity contribution < 1.29 is 23.1 Å². The first kappa shape index (κ1) is 14.3. The fraction of sp³-hybridized carbons (Fsp3) is 0.333. The predicted molar refractivity (Wildman–Crippen MR) is 73.8 cm³/mol. The van der Waals surface area contributed by atoms with Gasteiger partial charge in [0.25, 0.3) is 0 Å². The highest BCUT2D eigenvalue weighted by atomic mass is 32.2. The minimum atomic E-state index is -3.16. The van der Waals surface area contributed by atoms with Gasteiger partial charge in [-0.1, -0.05) is 0 Å². The van der Waals surface area contributed by atoms with E-state index in [9.17, 15) is 18.0 Å². The number of rotatable bonds is 4. The average Bonchev–Trinajstić information content (AvgIpc) is 2.34. The molecule has 0 saturated heterocycles. The minimum Gasteiger partial charge on any atom is -0.478 e. The van der Waals surface area contributed by atoms with Crippen molar-refractivity contribution in [1.82, 2.24) is 0 Å². The van der Waals surface area contributed by atoms with E-state index >= 15 is 0 Å². The molecule has 1 unspecified atom stereocenters. The number of carbonyl (C=O) groups excluding carboxylic acids is 1. The Hall–Kier alpha value is -2.09. The first-order chi connectivity index (χ1) is 9.26. The summed E-state index contributed by atoms with van der Waals surface area (Å²) >= 11 is 0. The fourth-order valence-electron chi connectivity index (χ4n) is 1.91. The van der Waals surface area contributed by atoms with Gasteiger partial charge >= 0.3 is 5.97 Å². The van der Waals surface area contributed by atoms with Crippen LogP contribution in [0.1, 0.15) is 16.8 Å². The standard InChI is InChI=1S/C12H14N2O5S/c1-20(18,19)5-4-9-11(15)14-8-3-2-7(12(16)17)6-10(8)13-9/h2-3,6,9,13H,4-5H2,1H3,(H,14,15)(H,16,17). The van der Waals surface area contributed by atoms with Crippen molar-refractivity contribution in [3.8, 4) is 0 Å². The first-order valence-corrected chi connectivity index (χ1v) is 7.95. The number of carbonyl (C=O) groups is 2. The highest BCUT2D eigenvalue weighted by Gasteiger charge is 2.26. The van der Waals surface area contributed by atoms with Gasteiger partial charge in [-0.2, -0.15) is 0 Å². The molecule has 2 rings (SSSR count). The van der Waals surface area contributed by atoms with E-state index in [1.54, 1.807) is 0 Å². The lowest BCUT2D eigenvalue weighted by Crippen LogP contribution is -2.40. The number of hydrogen-bond acceptors (Lipinski definition) is 5. The number of nitrogens with one attached hydrogen (secondary N) is 2. The summed E-state index contributed by atoms with van der Waals surface area (Å²) in [6, 6.07) is 3.60. The molecule has 0 radical (unpaired) electrons. The number of aromatic carboxylic acids is 1. The Labute approximate surface area is 115 Å². The molecule has 108 valence electrons. The summed E-state index contributed by atoms with van der Waals surface area (Å²) in [5.41, 5.74) is 1.05. The molecule has 3 N–H and O–H groups in total. The molecule has 7 nitrogen and oxygen atoms in total. The van der Waals surface area contributed by atoms with E-state index in [4.69, 9.17) is 5.11 Å². The van der Waals surface area contributed by atoms with Gasteiger partial charge in [-0.15, -0.1) is 0 Å². The number of anilines is 2. The van der Waals surface area contributed by atoms with Crippen LogP contribution in [0.15, 0.2) is 18.2 Å². The largest absolute Gasteiger partial charge is 0.478 e. The van der Waals surface area contributed by atoms with Crippen LogP contribution in [0.3, 0.4) is 0 Å². The third-order valence-electron chi connectivity index (χ3n) is 2.95. The molecular weight excluding hydrogens is 284 g/mol. The van der Waals surface area contributed by atoms with Crippen LogP contribution in [0.25, 0.3) is 0 Å². The summed E-state index contributed by atoms with van der Waals surface area (Å²) < 4.78 is 22.3. The van der Waals surface area contributed by atoms with Gasteiger partial charge in [0.05, 0.1) is 22.7 Å². The van der Waals surface area contributed by atoms with Crippen molar-refractivity contribution in [2.24, 2.45) is 0 Å². The monoisotopic (exact) mass is 298 g/mol. The van der Waals surface area contributed by atoms with Gasteiger partial charge in [0.1, 0.15) is 15.9 Å². The Morgan fingerprint density at radius 3 is 2.65 bits per heavy atom. The molecule has 1 aromatic carbocycles. The molecule has 1 heterocycles. The van der Waals surface area contributed by atoms with Crippen LogP contribution in [-0.2, 0) is 14.6 Å². The molecule has 8 heteroatoms. The van der Waals surface area contributed by atoms with Crippen molar-refractivity contribution in [2.75, 3.05) is 22.6 Å². The van der Waals surface area contributed by atoms with Crippen LogP contribution in [-0.4, -0.2) is 43.5 Å². The summed E-state index contributed by atoms with van der Waals surface area (Å²) in [5, 5.41) is 14.4. The highest BCUT2D eigenvalue weighted by molar-refractivity contribution is 7.90. The summed E-state index contributed by atoms with van der Waals surface area (Å²) in [6.45, 7) is 0. The van der Waals surface area contributed by atoms with Crippen molar-refractivity contribution in [1.29, 1.82) is 0 Å². The van der Waals surface area contributed by atoms with Gasteiger partial charge in [-0.05, 0) is 24.6 Å². The summed E-state index contributed by atoms with van der Waals surface area (Å²) in [6.07, 6.45) is 1.23. The van der Waals surface area contributed by atoms with Gasteiger partial charge in [0, 0.05) is 6.26 Å². The number of benzene rings is 1. The predicted octanol–water partition coefficient (Wildman–Crippen LogP) is 0.552. The molecule has 1 aliphatic rings. The van der Waals surface area contributed by atoms with Gasteiger partial charge < -0.3 is 15.7 Å².